The highest BCUT2D eigenvalue weighted by molar-refractivity contribution is 8.00. The van der Waals surface area contributed by atoms with E-state index in [1.807, 2.05) is 32.0 Å². The van der Waals surface area contributed by atoms with E-state index in [-0.39, 0.29) is 22.3 Å². The number of anilines is 1. The number of carbonyl (C=O) groups is 1. The van der Waals surface area contributed by atoms with Gasteiger partial charge in [-0.1, -0.05) is 36.8 Å². The average Bonchev–Trinajstić information content (AvgIpc) is 2.56. The maximum Gasteiger partial charge on any atom is 0.234 e. The van der Waals surface area contributed by atoms with Crippen LogP contribution in [0.5, 0.6) is 0 Å². The maximum absolute atomic E-state index is 12.2. The van der Waals surface area contributed by atoms with Gasteiger partial charge >= 0.3 is 0 Å². The number of thioether (sulfide) groups is 1. The fourth-order valence-electron chi connectivity index (χ4n) is 2.19. The van der Waals surface area contributed by atoms with Gasteiger partial charge in [0.1, 0.15) is 0 Å². The zero-order valence-electron chi connectivity index (χ0n) is 14.0. The van der Waals surface area contributed by atoms with E-state index in [0.29, 0.717) is 5.69 Å². The van der Waals surface area contributed by atoms with Crippen LogP contribution < -0.4 is 5.32 Å². The molecule has 0 saturated heterocycles. The van der Waals surface area contributed by atoms with Gasteiger partial charge < -0.3 is 5.32 Å². The molecular weight excluding hydrogens is 342 g/mol. The predicted molar refractivity (Wildman–Crippen MR) is 99.4 cm³/mol. The van der Waals surface area contributed by atoms with Crippen molar-refractivity contribution in [2.45, 2.75) is 30.6 Å². The van der Waals surface area contributed by atoms with E-state index in [4.69, 9.17) is 0 Å². The molecule has 1 amide bonds. The molecule has 1 N–H and O–H groups in total. The van der Waals surface area contributed by atoms with E-state index < -0.39 is 9.84 Å². The minimum absolute atomic E-state index is 0.00286. The van der Waals surface area contributed by atoms with Crippen LogP contribution in [0.4, 0.5) is 5.69 Å². The maximum atomic E-state index is 12.2. The third-order valence-electron chi connectivity index (χ3n) is 3.58. The predicted octanol–water partition coefficient (Wildman–Crippen LogP) is 3.83. The molecule has 0 bridgehead atoms. The van der Waals surface area contributed by atoms with Gasteiger partial charge in [0.2, 0.25) is 5.91 Å². The largest absolute Gasteiger partial charge is 0.324 e. The van der Waals surface area contributed by atoms with Crippen LogP contribution in [0.15, 0.2) is 52.3 Å². The Kier molecular flexibility index (Phi) is 6.07. The summed E-state index contributed by atoms with van der Waals surface area (Å²) in [6.07, 6.45) is 0. The molecule has 0 aromatic heterocycles. The molecule has 4 nitrogen and oxygen atoms in total. The first kappa shape index (κ1) is 18.5. The molecule has 0 saturated carbocycles. The molecule has 0 atom stereocenters. The van der Waals surface area contributed by atoms with Gasteiger partial charge in [-0.2, -0.15) is 0 Å². The Morgan fingerprint density at radius 2 is 1.83 bits per heavy atom. The summed E-state index contributed by atoms with van der Waals surface area (Å²) in [7, 11) is -3.38. The number of amides is 1. The lowest BCUT2D eigenvalue weighted by atomic mass is 10.2. The average molecular weight is 364 g/mol. The third kappa shape index (κ3) is 4.61. The fraction of sp³-hybridized carbons (Fsp3) is 0.278. The van der Waals surface area contributed by atoms with Crippen LogP contribution in [0, 0.1) is 13.8 Å². The second-order valence-corrected chi connectivity index (χ2v) is 8.77. The summed E-state index contributed by atoms with van der Waals surface area (Å²) in [5, 5.41) is 2.72. The Bertz CT molecular complexity index is 845. The summed E-state index contributed by atoms with van der Waals surface area (Å²) in [4.78, 5) is 13.4. The van der Waals surface area contributed by atoms with E-state index >= 15 is 0 Å². The molecule has 2 aromatic rings. The summed E-state index contributed by atoms with van der Waals surface area (Å²) < 4.78 is 24.2. The lowest BCUT2D eigenvalue weighted by Gasteiger charge is -2.11. The molecule has 0 unspecified atom stereocenters. The van der Waals surface area contributed by atoms with Crippen LogP contribution in [0.25, 0.3) is 0 Å². The number of rotatable bonds is 6. The number of hydrogen-bond acceptors (Lipinski definition) is 4. The Balaban J connectivity index is 2.10. The van der Waals surface area contributed by atoms with Crippen LogP contribution in [0.2, 0.25) is 0 Å². The third-order valence-corrected chi connectivity index (χ3v) is 6.52. The van der Waals surface area contributed by atoms with Crippen molar-refractivity contribution in [3.63, 3.8) is 0 Å². The lowest BCUT2D eigenvalue weighted by molar-refractivity contribution is -0.113. The summed E-state index contributed by atoms with van der Waals surface area (Å²) in [6, 6.07) is 12.6. The highest BCUT2D eigenvalue weighted by Gasteiger charge is 2.17. The highest BCUT2D eigenvalue weighted by Crippen LogP contribution is 2.25. The number of nitrogens with one attached hydrogen (secondary N) is 1. The normalized spacial score (nSPS) is 11.3. The Morgan fingerprint density at radius 1 is 1.12 bits per heavy atom. The van der Waals surface area contributed by atoms with Gasteiger partial charge in [-0.25, -0.2) is 8.42 Å². The first-order valence-electron chi connectivity index (χ1n) is 7.65. The second kappa shape index (κ2) is 7.85. The topological polar surface area (TPSA) is 63.2 Å². The number of para-hydroxylation sites is 1. The smallest absolute Gasteiger partial charge is 0.234 e. The van der Waals surface area contributed by atoms with Crippen LogP contribution >= 0.6 is 11.8 Å². The van der Waals surface area contributed by atoms with Crippen molar-refractivity contribution in [1.82, 2.24) is 0 Å². The number of sulfone groups is 1. The van der Waals surface area contributed by atoms with Gasteiger partial charge in [-0.05, 0) is 37.6 Å². The van der Waals surface area contributed by atoms with Crippen molar-refractivity contribution in [1.29, 1.82) is 0 Å². The molecule has 24 heavy (non-hydrogen) atoms. The lowest BCUT2D eigenvalue weighted by Crippen LogP contribution is -2.17. The first-order chi connectivity index (χ1) is 11.3. The van der Waals surface area contributed by atoms with Crippen molar-refractivity contribution in [3.8, 4) is 0 Å². The van der Waals surface area contributed by atoms with Gasteiger partial charge in [-0.15, -0.1) is 11.8 Å². The number of hydrogen-bond donors (Lipinski definition) is 1. The molecule has 0 spiro atoms. The quantitative estimate of drug-likeness (QED) is 0.792. The molecular formula is C18H21NO3S2. The van der Waals surface area contributed by atoms with Crippen molar-refractivity contribution in [2.75, 3.05) is 16.8 Å². The number of aryl methyl sites for hydroxylation is 2. The fourth-order valence-corrected chi connectivity index (χ4v) is 4.16. The minimum Gasteiger partial charge on any atom is -0.324 e. The molecule has 0 radical (unpaired) electrons. The van der Waals surface area contributed by atoms with Crippen LogP contribution in [-0.4, -0.2) is 25.8 Å². The molecule has 0 aliphatic heterocycles. The highest BCUT2D eigenvalue weighted by atomic mass is 32.2. The summed E-state index contributed by atoms with van der Waals surface area (Å²) in [6.45, 7) is 5.60. The van der Waals surface area contributed by atoms with E-state index in [0.717, 1.165) is 16.0 Å². The van der Waals surface area contributed by atoms with E-state index in [2.05, 4.69) is 5.32 Å². The minimum atomic E-state index is -3.38. The van der Waals surface area contributed by atoms with Crippen LogP contribution in [0.3, 0.4) is 0 Å². The first-order valence-corrected chi connectivity index (χ1v) is 10.3. The Morgan fingerprint density at radius 3 is 2.54 bits per heavy atom. The van der Waals surface area contributed by atoms with Crippen molar-refractivity contribution >= 4 is 33.2 Å². The zero-order valence-corrected chi connectivity index (χ0v) is 15.6. The van der Waals surface area contributed by atoms with E-state index in [9.17, 15) is 13.2 Å². The number of carbonyl (C=O) groups excluding carboxylic acids is 1. The van der Waals surface area contributed by atoms with Gasteiger partial charge in [0.25, 0.3) is 0 Å². The van der Waals surface area contributed by atoms with Crippen LogP contribution in [0.1, 0.15) is 18.1 Å². The standard InChI is InChI=1S/C18H21NO3S2/c1-4-24(21,22)17-8-6-5-7-15(17)19-18(20)12-23-16-11-13(2)9-10-14(16)3/h5-11H,4,12H2,1-3H3,(H,19,20). The summed E-state index contributed by atoms with van der Waals surface area (Å²) in [5.41, 5.74) is 2.60. The van der Waals surface area contributed by atoms with Crippen molar-refractivity contribution in [3.05, 3.63) is 53.6 Å². The molecule has 2 rings (SSSR count). The second-order valence-electron chi connectivity index (χ2n) is 5.51. The molecule has 2 aromatic carbocycles. The summed E-state index contributed by atoms with van der Waals surface area (Å²) in [5.74, 6) is 0.00159. The van der Waals surface area contributed by atoms with Gasteiger partial charge in [0.15, 0.2) is 9.84 Å². The van der Waals surface area contributed by atoms with Gasteiger partial charge in [0.05, 0.1) is 22.1 Å². The monoisotopic (exact) mass is 363 g/mol. The van der Waals surface area contributed by atoms with Crippen molar-refractivity contribution < 1.29 is 13.2 Å². The molecule has 6 heteroatoms. The van der Waals surface area contributed by atoms with Crippen LogP contribution in [-0.2, 0) is 14.6 Å². The van der Waals surface area contributed by atoms with E-state index in [1.54, 1.807) is 25.1 Å². The molecule has 0 aliphatic carbocycles. The number of benzene rings is 2. The SMILES string of the molecule is CCS(=O)(=O)c1ccccc1NC(=O)CSc1cc(C)ccc1C. The molecule has 0 heterocycles. The van der Waals surface area contributed by atoms with Crippen molar-refractivity contribution in [2.24, 2.45) is 0 Å². The van der Waals surface area contributed by atoms with E-state index in [1.165, 1.54) is 17.8 Å². The van der Waals surface area contributed by atoms with Gasteiger partial charge in [-0.3, -0.25) is 4.79 Å². The Labute approximate surface area is 147 Å². The molecule has 128 valence electrons. The van der Waals surface area contributed by atoms with Gasteiger partial charge in [0, 0.05) is 4.90 Å². The molecule has 0 aliphatic rings. The molecule has 0 fully saturated rings. The Hall–Kier alpha value is -1.79. The zero-order chi connectivity index (χ0) is 17.7. The summed E-state index contributed by atoms with van der Waals surface area (Å²) >= 11 is 1.45.